The molecule has 0 aliphatic rings. The van der Waals surface area contributed by atoms with Crippen LogP contribution in [0.1, 0.15) is 29.8 Å². The van der Waals surface area contributed by atoms with Crippen molar-refractivity contribution in [2.45, 2.75) is 20.8 Å². The molecule has 0 aliphatic carbocycles. The second-order valence-corrected chi connectivity index (χ2v) is 3.90. The SMILES string of the molecule is CC=O.COc1c(Br)ccc(C(C)=O)c1C. The molecule has 88 valence electrons. The molecular weight excluding hydrogens is 272 g/mol. The summed E-state index contributed by atoms with van der Waals surface area (Å²) >= 11 is 3.35. The molecule has 0 atom stereocenters. The molecule has 0 aromatic heterocycles. The monoisotopic (exact) mass is 286 g/mol. The Bertz CT molecular complexity index is 386. The minimum atomic E-state index is 0.0586. The van der Waals surface area contributed by atoms with Gasteiger partial charge >= 0.3 is 0 Å². The predicted molar refractivity (Wildman–Crippen MR) is 67.2 cm³/mol. The Kier molecular flexibility index (Phi) is 6.65. The molecule has 4 heteroatoms. The van der Waals surface area contributed by atoms with E-state index in [2.05, 4.69) is 15.9 Å². The van der Waals surface area contributed by atoms with Crippen LogP contribution in [0.2, 0.25) is 0 Å². The van der Waals surface area contributed by atoms with Crippen LogP contribution in [0.4, 0.5) is 0 Å². The number of methoxy groups -OCH3 is 1. The Hall–Kier alpha value is -1.16. The van der Waals surface area contributed by atoms with E-state index in [1.807, 2.05) is 13.0 Å². The highest BCUT2D eigenvalue weighted by atomic mass is 79.9. The zero-order valence-electron chi connectivity index (χ0n) is 9.83. The van der Waals surface area contributed by atoms with Crippen LogP contribution < -0.4 is 4.74 Å². The Morgan fingerprint density at radius 1 is 1.44 bits per heavy atom. The number of Topliss-reactive ketones (excluding diaryl/α,β-unsaturated/α-hetero) is 1. The molecule has 0 N–H and O–H groups in total. The number of rotatable bonds is 2. The average molecular weight is 287 g/mol. The summed E-state index contributed by atoms with van der Waals surface area (Å²) in [6.45, 7) is 4.87. The predicted octanol–water partition coefficient (Wildman–Crippen LogP) is 3.17. The Balaban J connectivity index is 0.000000673. The van der Waals surface area contributed by atoms with E-state index in [1.54, 1.807) is 20.1 Å². The molecule has 0 fully saturated rings. The van der Waals surface area contributed by atoms with Crippen molar-refractivity contribution in [1.82, 2.24) is 0 Å². The van der Waals surface area contributed by atoms with Gasteiger partial charge in [-0.05, 0) is 48.8 Å². The maximum Gasteiger partial charge on any atom is 0.160 e. The summed E-state index contributed by atoms with van der Waals surface area (Å²) in [7, 11) is 1.59. The Labute approximate surface area is 104 Å². The third kappa shape index (κ3) is 3.77. The van der Waals surface area contributed by atoms with Crippen LogP contribution in [0, 0.1) is 6.92 Å². The number of benzene rings is 1. The molecule has 1 aromatic rings. The third-order valence-electron chi connectivity index (χ3n) is 1.94. The van der Waals surface area contributed by atoms with E-state index in [4.69, 9.17) is 9.53 Å². The summed E-state index contributed by atoms with van der Waals surface area (Å²) in [5, 5.41) is 0. The van der Waals surface area contributed by atoms with E-state index >= 15 is 0 Å². The van der Waals surface area contributed by atoms with Gasteiger partial charge in [0.25, 0.3) is 0 Å². The van der Waals surface area contributed by atoms with E-state index in [0.717, 1.165) is 22.1 Å². The van der Waals surface area contributed by atoms with Crippen LogP contribution in [-0.2, 0) is 4.79 Å². The van der Waals surface area contributed by atoms with Crippen molar-refractivity contribution in [1.29, 1.82) is 0 Å². The molecule has 0 aliphatic heterocycles. The topological polar surface area (TPSA) is 43.4 Å². The minimum absolute atomic E-state index is 0.0586. The van der Waals surface area contributed by atoms with E-state index in [9.17, 15) is 4.79 Å². The first-order valence-electron chi connectivity index (χ1n) is 4.73. The van der Waals surface area contributed by atoms with Gasteiger partial charge in [-0.15, -0.1) is 0 Å². The first kappa shape index (κ1) is 14.8. The molecule has 3 nitrogen and oxygen atoms in total. The fourth-order valence-corrected chi connectivity index (χ4v) is 1.88. The summed E-state index contributed by atoms with van der Waals surface area (Å²) in [5.41, 5.74) is 1.59. The minimum Gasteiger partial charge on any atom is -0.495 e. The third-order valence-corrected chi connectivity index (χ3v) is 2.57. The molecule has 1 rings (SSSR count). The van der Waals surface area contributed by atoms with Gasteiger partial charge in [0, 0.05) is 11.1 Å². The van der Waals surface area contributed by atoms with Crippen LogP contribution in [0.15, 0.2) is 16.6 Å². The lowest BCUT2D eigenvalue weighted by Crippen LogP contribution is -1.99. The lowest BCUT2D eigenvalue weighted by Gasteiger charge is -2.09. The van der Waals surface area contributed by atoms with Crippen LogP contribution in [0.25, 0.3) is 0 Å². The number of aldehydes is 1. The summed E-state index contributed by atoms with van der Waals surface area (Å²) in [6.07, 6.45) is 0.750. The number of hydrogen-bond donors (Lipinski definition) is 0. The number of ketones is 1. The van der Waals surface area contributed by atoms with Crippen molar-refractivity contribution < 1.29 is 14.3 Å². The van der Waals surface area contributed by atoms with Crippen molar-refractivity contribution in [3.63, 3.8) is 0 Å². The summed E-state index contributed by atoms with van der Waals surface area (Å²) in [5.74, 6) is 0.788. The van der Waals surface area contributed by atoms with Gasteiger partial charge in [-0.1, -0.05) is 0 Å². The maximum atomic E-state index is 11.2. The number of ether oxygens (including phenoxy) is 1. The quantitative estimate of drug-likeness (QED) is 0.620. The highest BCUT2D eigenvalue weighted by molar-refractivity contribution is 9.10. The van der Waals surface area contributed by atoms with Crippen LogP contribution >= 0.6 is 15.9 Å². The van der Waals surface area contributed by atoms with Crippen molar-refractivity contribution in [2.24, 2.45) is 0 Å². The molecule has 0 amide bonds. The van der Waals surface area contributed by atoms with Gasteiger partial charge in [0.05, 0.1) is 11.6 Å². The number of halogens is 1. The second kappa shape index (κ2) is 7.17. The maximum absolute atomic E-state index is 11.2. The number of carbonyl (C=O) groups is 2. The smallest absolute Gasteiger partial charge is 0.160 e. The molecule has 1 aromatic carbocycles. The van der Waals surface area contributed by atoms with Gasteiger partial charge in [0.1, 0.15) is 12.0 Å². The molecular formula is C12H15BrO3. The largest absolute Gasteiger partial charge is 0.495 e. The van der Waals surface area contributed by atoms with E-state index in [1.165, 1.54) is 6.92 Å². The molecule has 0 bridgehead atoms. The van der Waals surface area contributed by atoms with E-state index in [0.29, 0.717) is 5.56 Å². The zero-order chi connectivity index (χ0) is 12.7. The van der Waals surface area contributed by atoms with Crippen molar-refractivity contribution in [3.8, 4) is 5.75 Å². The molecule has 0 heterocycles. The first-order chi connectivity index (χ1) is 7.49. The van der Waals surface area contributed by atoms with E-state index < -0.39 is 0 Å². The van der Waals surface area contributed by atoms with Crippen molar-refractivity contribution >= 4 is 28.0 Å². The molecule has 0 radical (unpaired) electrons. The van der Waals surface area contributed by atoms with Crippen molar-refractivity contribution in [2.75, 3.05) is 7.11 Å². The Morgan fingerprint density at radius 3 is 2.31 bits per heavy atom. The Morgan fingerprint density at radius 2 is 1.94 bits per heavy atom. The van der Waals surface area contributed by atoms with Crippen LogP contribution in [0.5, 0.6) is 5.75 Å². The van der Waals surface area contributed by atoms with Gasteiger partial charge in [0.2, 0.25) is 0 Å². The number of hydrogen-bond acceptors (Lipinski definition) is 3. The molecule has 0 saturated heterocycles. The van der Waals surface area contributed by atoms with E-state index in [-0.39, 0.29) is 5.78 Å². The molecule has 0 unspecified atom stereocenters. The lowest BCUT2D eigenvalue weighted by molar-refractivity contribution is -0.106. The highest BCUT2D eigenvalue weighted by Crippen LogP contribution is 2.30. The van der Waals surface area contributed by atoms with Gasteiger partial charge < -0.3 is 9.53 Å². The lowest BCUT2D eigenvalue weighted by atomic mass is 10.1. The second-order valence-electron chi connectivity index (χ2n) is 3.05. The summed E-state index contributed by atoms with van der Waals surface area (Å²) in [6, 6.07) is 3.62. The molecule has 0 saturated carbocycles. The van der Waals surface area contributed by atoms with Gasteiger partial charge in [0.15, 0.2) is 5.78 Å². The van der Waals surface area contributed by atoms with Crippen LogP contribution in [-0.4, -0.2) is 19.2 Å². The molecule has 16 heavy (non-hydrogen) atoms. The standard InChI is InChI=1S/C10H11BrO2.C2H4O/c1-6-8(7(2)12)4-5-9(11)10(6)13-3;1-2-3/h4-5H,1-3H3;2H,1H3. The fraction of sp³-hybridized carbons (Fsp3) is 0.333. The van der Waals surface area contributed by atoms with Crippen molar-refractivity contribution in [3.05, 3.63) is 27.7 Å². The fourth-order valence-electron chi connectivity index (χ4n) is 1.29. The highest BCUT2D eigenvalue weighted by Gasteiger charge is 2.10. The number of carbonyl (C=O) groups excluding carboxylic acids is 2. The first-order valence-corrected chi connectivity index (χ1v) is 5.52. The summed E-state index contributed by atoms with van der Waals surface area (Å²) in [4.78, 5) is 20.0. The van der Waals surface area contributed by atoms with Gasteiger partial charge in [-0.2, -0.15) is 0 Å². The normalized spacial score (nSPS) is 8.81. The van der Waals surface area contributed by atoms with Crippen LogP contribution in [0.3, 0.4) is 0 Å². The molecule has 0 spiro atoms. The van der Waals surface area contributed by atoms with Gasteiger partial charge in [-0.25, -0.2) is 0 Å². The zero-order valence-corrected chi connectivity index (χ0v) is 11.4. The average Bonchev–Trinajstić information content (AvgIpc) is 2.19. The van der Waals surface area contributed by atoms with Gasteiger partial charge in [-0.3, -0.25) is 4.79 Å². The summed E-state index contributed by atoms with van der Waals surface area (Å²) < 4.78 is 6.04.